The Morgan fingerprint density at radius 3 is 0.955 bits per heavy atom. The van der Waals surface area contributed by atoms with Crippen molar-refractivity contribution >= 4 is 97.5 Å². The Morgan fingerprint density at radius 2 is 0.719 bits per heavy atom. The molecule has 6 aromatic carbocycles. The summed E-state index contributed by atoms with van der Waals surface area (Å²) in [5, 5.41) is 13.6. The minimum Gasteiger partial charge on any atom is -0.444 e. The van der Waals surface area contributed by atoms with E-state index in [1.54, 1.807) is 37.2 Å². The number of alkyl carbamates (subject to hydrolysis) is 2. The summed E-state index contributed by atoms with van der Waals surface area (Å²) < 4.78 is 11.1. The number of terminal acetylenes is 1. The van der Waals surface area contributed by atoms with Gasteiger partial charge in [-0.1, -0.05) is 222 Å². The van der Waals surface area contributed by atoms with Crippen molar-refractivity contribution < 1.29 is 39.5 Å². The fourth-order valence-electron chi connectivity index (χ4n) is 7.05. The molecule has 3 aromatic heterocycles. The number of nitrogens with two attached hydrogens (primary N) is 1. The third-order valence-corrected chi connectivity index (χ3v) is 16.1. The van der Waals surface area contributed by atoms with Crippen LogP contribution in [0.3, 0.4) is 0 Å². The van der Waals surface area contributed by atoms with E-state index in [2.05, 4.69) is 275 Å². The van der Waals surface area contributed by atoms with Crippen LogP contribution in [0.2, 0.25) is 0 Å². The van der Waals surface area contributed by atoms with Crippen molar-refractivity contribution in [3.8, 4) is 36.0 Å². The number of halogens is 3. The van der Waals surface area contributed by atoms with Gasteiger partial charge in [0, 0.05) is 134 Å². The van der Waals surface area contributed by atoms with Crippen LogP contribution in [0.1, 0.15) is 71.9 Å². The standard InChI is InChI=1S/2C18H15P.C14H18N2O2.C9H10N2.C9H15NO2.C5H4BrN.Cl2.Pd/c2*1-4-10-16(11-5-1)19(17-12-6-2-7-13-17)18-14-8-3-9-15-18;1-14(2,3)18-13(17)16-9-5-4-6-12-7-10-15-11-8-12;10-6-2-1-3-9-4-7-11-8-5-9;1-5-6-7-10-8(11)12-9(2,3)4;6-5-1-3-7-4-2-5;1-2;/h2*1-15H;7-8,10-11H,5,9H2,1-3H3,(H,16,17);4-5,7-8H,2,6,10H2;1H,6-7H2,2-4H3,(H,10,11);1-4H;;. The molecule has 9 aromatic rings. The molecule has 3 heterocycles. The monoisotopic (exact) mass is 1420 g/mol. The first-order chi connectivity index (χ1) is 42.7. The minimum absolute atomic E-state index is 0. The summed E-state index contributed by atoms with van der Waals surface area (Å²) >= 11 is 3.27. The van der Waals surface area contributed by atoms with Gasteiger partial charge in [0.1, 0.15) is 11.2 Å². The Balaban J connectivity index is 0.000000370. The van der Waals surface area contributed by atoms with Crippen molar-refractivity contribution in [3.63, 3.8) is 0 Å². The van der Waals surface area contributed by atoms with Crippen LogP contribution in [-0.2, 0) is 29.9 Å². The summed E-state index contributed by atoms with van der Waals surface area (Å²) in [5.41, 5.74) is 6.28. The Kier molecular flexibility index (Phi) is 41.5. The average Bonchev–Trinajstić information content (AvgIpc) is 3.29. The molecule has 4 N–H and O–H groups in total. The Hall–Kier alpha value is -7.47. The number of pyridine rings is 3. The molecule has 2 amide bonds. The fraction of sp³-hybridized carbons (Fsp3) is 0.192. The molecule has 10 nitrogen and oxygen atoms in total. The van der Waals surface area contributed by atoms with Crippen LogP contribution in [0.15, 0.2) is 260 Å². The van der Waals surface area contributed by atoms with Crippen LogP contribution < -0.4 is 48.2 Å². The van der Waals surface area contributed by atoms with Crippen LogP contribution in [0, 0.1) is 36.0 Å². The minimum atomic E-state index is -0.465. The van der Waals surface area contributed by atoms with Gasteiger partial charge in [0.15, 0.2) is 0 Å². The number of carbonyl (C=O) groups is 2. The molecular formula is C73H77BrCl2N6O4P2Pd. The molecule has 0 spiro atoms. The first-order valence-corrected chi connectivity index (χ1v) is 32.7. The molecule has 16 heteroatoms. The molecule has 0 saturated heterocycles. The van der Waals surface area contributed by atoms with Gasteiger partial charge < -0.3 is 25.8 Å². The van der Waals surface area contributed by atoms with Gasteiger partial charge in [-0.3, -0.25) is 15.0 Å². The number of ether oxygens (including phenoxy) is 2. The van der Waals surface area contributed by atoms with Crippen LogP contribution in [0.5, 0.6) is 0 Å². The molecule has 0 bridgehead atoms. The predicted octanol–water partition coefficient (Wildman–Crippen LogP) is 14.8. The molecule has 0 aliphatic carbocycles. The molecule has 0 aliphatic rings. The first-order valence-electron chi connectivity index (χ1n) is 28.1. The van der Waals surface area contributed by atoms with Gasteiger partial charge >= 0.3 is 12.2 Å². The molecule has 89 heavy (non-hydrogen) atoms. The van der Waals surface area contributed by atoms with Gasteiger partial charge in [-0.2, -0.15) is 0 Å². The van der Waals surface area contributed by atoms with E-state index in [-0.39, 0.29) is 20.4 Å². The van der Waals surface area contributed by atoms with Gasteiger partial charge in [-0.25, -0.2) is 9.59 Å². The summed E-state index contributed by atoms with van der Waals surface area (Å²) in [6, 6.07) is 75.9. The van der Waals surface area contributed by atoms with E-state index in [9.17, 15) is 9.59 Å². The number of carbonyl (C=O) groups excluding carboxylic acids is 2. The maximum Gasteiger partial charge on any atom is 0.407 e. The number of aromatic nitrogens is 3. The second-order valence-corrected chi connectivity index (χ2v) is 25.4. The Morgan fingerprint density at radius 1 is 0.461 bits per heavy atom. The number of benzene rings is 6. The molecule has 0 aliphatic heterocycles. The van der Waals surface area contributed by atoms with Gasteiger partial charge in [-0.05, 0) is 126 Å². The van der Waals surface area contributed by atoms with E-state index in [1.807, 2.05) is 77.9 Å². The number of nitrogens with one attached hydrogen (secondary N) is 2. The zero-order valence-corrected chi connectivity index (χ0v) is 57.4. The molecule has 0 radical (unpaired) electrons. The summed E-state index contributed by atoms with van der Waals surface area (Å²) in [7, 11) is 7.33. The number of hydrogen-bond donors (Lipinski definition) is 3. The van der Waals surface area contributed by atoms with Crippen molar-refractivity contribution in [1.29, 1.82) is 0 Å². The van der Waals surface area contributed by atoms with E-state index < -0.39 is 39.2 Å². The van der Waals surface area contributed by atoms with E-state index in [4.69, 9.17) is 21.6 Å². The third-order valence-electron chi connectivity index (χ3n) is 10.7. The summed E-state index contributed by atoms with van der Waals surface area (Å²) in [4.78, 5) is 33.8. The smallest absolute Gasteiger partial charge is 0.407 e. The van der Waals surface area contributed by atoms with Crippen molar-refractivity contribution in [1.82, 2.24) is 25.6 Å². The number of hydrogen-bond acceptors (Lipinski definition) is 8. The van der Waals surface area contributed by atoms with Gasteiger partial charge in [-0.15, -0.1) is 12.3 Å². The summed E-state index contributed by atoms with van der Waals surface area (Å²) in [5.74, 6) is 14.3. The summed E-state index contributed by atoms with van der Waals surface area (Å²) in [6.45, 7) is 12.5. The van der Waals surface area contributed by atoms with Crippen molar-refractivity contribution in [3.05, 3.63) is 271 Å². The normalized spacial score (nSPS) is 9.74. The van der Waals surface area contributed by atoms with E-state index >= 15 is 0 Å². The topological polar surface area (TPSA) is 141 Å². The quantitative estimate of drug-likeness (QED) is 0.0503. The van der Waals surface area contributed by atoms with Crippen molar-refractivity contribution in [2.75, 3.05) is 19.6 Å². The Labute approximate surface area is 562 Å². The van der Waals surface area contributed by atoms with Crippen LogP contribution in [0.25, 0.3) is 0 Å². The second-order valence-electron chi connectivity index (χ2n) is 20.0. The van der Waals surface area contributed by atoms with Gasteiger partial charge in [0.25, 0.3) is 0 Å². The first kappa shape index (κ1) is 77.6. The van der Waals surface area contributed by atoms with Crippen LogP contribution in [-0.4, -0.2) is 58.0 Å². The molecule has 0 unspecified atom stereocenters. The average molecular weight is 1420 g/mol. The molecule has 464 valence electrons. The van der Waals surface area contributed by atoms with Gasteiger partial charge in [0.2, 0.25) is 0 Å². The molecule has 9 rings (SSSR count). The van der Waals surface area contributed by atoms with E-state index in [0.717, 1.165) is 22.0 Å². The molecule has 0 fully saturated rings. The Bertz CT molecular complexity index is 3130. The number of nitrogens with zero attached hydrogens (tertiary/aromatic N) is 3. The number of amides is 2. The molecule has 0 saturated carbocycles. The predicted molar refractivity (Wildman–Crippen MR) is 376 cm³/mol. The maximum atomic E-state index is 11.3. The molecule has 0 atom stereocenters. The van der Waals surface area contributed by atoms with Crippen LogP contribution in [0.4, 0.5) is 9.59 Å². The van der Waals surface area contributed by atoms with Crippen molar-refractivity contribution in [2.24, 2.45) is 5.73 Å². The van der Waals surface area contributed by atoms with E-state index in [0.29, 0.717) is 32.5 Å². The zero-order chi connectivity index (χ0) is 63.9. The largest absolute Gasteiger partial charge is 0.444 e. The fourth-order valence-corrected chi connectivity index (χ4v) is 11.9. The third kappa shape index (κ3) is 36.6. The van der Waals surface area contributed by atoms with E-state index in [1.165, 1.54) is 31.8 Å². The number of rotatable bonds is 11. The molecular weight excluding hydrogens is 1340 g/mol. The zero-order valence-electron chi connectivity index (χ0n) is 51.0. The second kappa shape index (κ2) is 47.5. The SMILES string of the molecule is Brc1ccncc1.C#CCCNC(=O)OC(C)(C)C.CC(C)(C)OC(=O)NCCC#Cc1ccncc1.ClCl.NCCC#Cc1ccncc1.[Pd].c1ccc(P(c2ccccc2)c2ccccc2)cc1.c1ccc(P(c2ccccc2)c2ccccc2)cc1. The van der Waals surface area contributed by atoms with Crippen LogP contribution >= 0.6 is 53.5 Å². The summed E-state index contributed by atoms with van der Waals surface area (Å²) in [6.07, 6.45) is 16.4. The van der Waals surface area contributed by atoms with Crippen molar-refractivity contribution in [2.45, 2.75) is 72.0 Å². The van der Waals surface area contributed by atoms with Gasteiger partial charge in [0.05, 0.1) is 0 Å². The maximum absolute atomic E-state index is 11.3.